The molecule has 2 amide bonds. The van der Waals surface area contributed by atoms with Crippen molar-refractivity contribution in [1.82, 2.24) is 5.32 Å². The lowest BCUT2D eigenvalue weighted by molar-refractivity contribution is -0.126. The highest BCUT2D eigenvalue weighted by molar-refractivity contribution is 6.00. The summed E-state index contributed by atoms with van der Waals surface area (Å²) in [4.78, 5) is 26.3. The van der Waals surface area contributed by atoms with E-state index in [1.54, 1.807) is 12.0 Å². The molecule has 24 heavy (non-hydrogen) atoms. The van der Waals surface area contributed by atoms with Crippen LogP contribution in [-0.2, 0) is 16.1 Å². The van der Waals surface area contributed by atoms with E-state index in [1.165, 1.54) is 0 Å². The number of hydrogen-bond donors (Lipinski definition) is 1. The zero-order valence-electron chi connectivity index (χ0n) is 13.6. The van der Waals surface area contributed by atoms with Crippen molar-refractivity contribution >= 4 is 17.5 Å². The molecule has 3 rings (SSSR count). The van der Waals surface area contributed by atoms with Gasteiger partial charge in [0.25, 0.3) is 0 Å². The lowest BCUT2D eigenvalue weighted by atomic mass is 10.1. The predicted octanol–water partition coefficient (Wildman–Crippen LogP) is 2.36. The minimum atomic E-state index is -0.326. The first kappa shape index (κ1) is 16.1. The second-order valence-corrected chi connectivity index (χ2v) is 5.77. The quantitative estimate of drug-likeness (QED) is 0.918. The van der Waals surface area contributed by atoms with Crippen molar-refractivity contribution in [1.29, 1.82) is 0 Å². The molecule has 0 spiro atoms. The lowest BCUT2D eigenvalue weighted by Gasteiger charge is -2.16. The Morgan fingerprint density at radius 2 is 1.88 bits per heavy atom. The topological polar surface area (TPSA) is 58.6 Å². The van der Waals surface area contributed by atoms with Crippen LogP contribution in [0.3, 0.4) is 0 Å². The summed E-state index contributed by atoms with van der Waals surface area (Å²) in [5.41, 5.74) is 1.75. The molecule has 0 aromatic heterocycles. The van der Waals surface area contributed by atoms with E-state index in [0.29, 0.717) is 13.1 Å². The van der Waals surface area contributed by atoms with Crippen LogP contribution in [0.15, 0.2) is 54.6 Å². The number of nitrogens with one attached hydrogen (secondary N) is 1. The number of methoxy groups -OCH3 is 1. The molecule has 0 radical (unpaired) electrons. The zero-order valence-corrected chi connectivity index (χ0v) is 13.6. The molecule has 1 heterocycles. The van der Waals surface area contributed by atoms with Crippen molar-refractivity contribution in [3.63, 3.8) is 0 Å². The Balaban J connectivity index is 1.61. The molecule has 124 valence electrons. The Hall–Kier alpha value is -2.82. The molecule has 1 N–H and O–H groups in total. The molecule has 1 aliphatic heterocycles. The largest absolute Gasteiger partial charge is 0.496 e. The number of carbonyl (C=O) groups is 2. The van der Waals surface area contributed by atoms with E-state index in [0.717, 1.165) is 17.0 Å². The van der Waals surface area contributed by atoms with Crippen LogP contribution in [0.4, 0.5) is 5.69 Å². The van der Waals surface area contributed by atoms with E-state index in [2.05, 4.69) is 5.32 Å². The number of amides is 2. The molecule has 5 heteroatoms. The van der Waals surface area contributed by atoms with Gasteiger partial charge in [0.15, 0.2) is 0 Å². The molecule has 0 saturated carbocycles. The third-order valence-electron chi connectivity index (χ3n) is 4.21. The Bertz CT molecular complexity index is 730. The lowest BCUT2D eigenvalue weighted by Crippen LogP contribution is -2.32. The fourth-order valence-electron chi connectivity index (χ4n) is 2.92. The highest BCUT2D eigenvalue weighted by Gasteiger charge is 2.34. The summed E-state index contributed by atoms with van der Waals surface area (Å²) in [5.74, 6) is 0.296. The van der Waals surface area contributed by atoms with Gasteiger partial charge in [0.2, 0.25) is 11.8 Å². The first-order valence-corrected chi connectivity index (χ1v) is 7.94. The minimum absolute atomic E-state index is 0.0151. The smallest absolute Gasteiger partial charge is 0.227 e. The predicted molar refractivity (Wildman–Crippen MR) is 91.7 cm³/mol. The van der Waals surface area contributed by atoms with Crippen molar-refractivity contribution in [2.24, 2.45) is 5.92 Å². The summed E-state index contributed by atoms with van der Waals surface area (Å²) in [5, 5.41) is 2.91. The summed E-state index contributed by atoms with van der Waals surface area (Å²) in [6.45, 7) is 0.805. The fourth-order valence-corrected chi connectivity index (χ4v) is 2.92. The Kier molecular flexibility index (Phi) is 4.79. The minimum Gasteiger partial charge on any atom is -0.496 e. The van der Waals surface area contributed by atoms with E-state index in [1.807, 2.05) is 54.6 Å². The van der Waals surface area contributed by atoms with Crippen molar-refractivity contribution in [2.75, 3.05) is 18.6 Å². The monoisotopic (exact) mass is 324 g/mol. The number of para-hydroxylation sites is 2. The number of benzene rings is 2. The van der Waals surface area contributed by atoms with Gasteiger partial charge in [0, 0.05) is 30.8 Å². The molecule has 1 fully saturated rings. The fraction of sp³-hybridized carbons (Fsp3) is 0.263. The standard InChI is InChI=1S/C19H20N2O3/c1-24-17-10-6-5-7-14(17)12-20-19(23)15-11-18(22)21(13-15)16-8-3-2-4-9-16/h2-10,15H,11-13H2,1H3,(H,20,23). The van der Waals surface area contributed by atoms with Gasteiger partial charge >= 0.3 is 0 Å². The van der Waals surface area contributed by atoms with E-state index in [9.17, 15) is 9.59 Å². The van der Waals surface area contributed by atoms with Crippen LogP contribution in [0.1, 0.15) is 12.0 Å². The molecule has 0 bridgehead atoms. The van der Waals surface area contributed by atoms with Crippen LogP contribution in [0.2, 0.25) is 0 Å². The van der Waals surface area contributed by atoms with Gasteiger partial charge in [-0.15, -0.1) is 0 Å². The third kappa shape index (κ3) is 3.40. The number of hydrogen-bond acceptors (Lipinski definition) is 3. The molecule has 1 atom stereocenters. The van der Waals surface area contributed by atoms with Gasteiger partial charge in [0.1, 0.15) is 5.75 Å². The van der Waals surface area contributed by atoms with Gasteiger partial charge in [-0.1, -0.05) is 36.4 Å². The number of carbonyl (C=O) groups excluding carboxylic acids is 2. The SMILES string of the molecule is COc1ccccc1CNC(=O)C1CC(=O)N(c2ccccc2)C1. The summed E-state index contributed by atoms with van der Waals surface area (Å²) in [6.07, 6.45) is 0.243. The molecular formula is C19H20N2O3. The maximum atomic E-state index is 12.4. The second-order valence-electron chi connectivity index (χ2n) is 5.77. The maximum absolute atomic E-state index is 12.4. The van der Waals surface area contributed by atoms with Crippen LogP contribution in [0.5, 0.6) is 5.75 Å². The molecular weight excluding hydrogens is 304 g/mol. The van der Waals surface area contributed by atoms with Gasteiger partial charge in [0.05, 0.1) is 13.0 Å². The van der Waals surface area contributed by atoms with Crippen LogP contribution in [0.25, 0.3) is 0 Å². The van der Waals surface area contributed by atoms with Gasteiger partial charge in [-0.25, -0.2) is 0 Å². The Morgan fingerprint density at radius 1 is 1.17 bits per heavy atom. The average molecular weight is 324 g/mol. The van der Waals surface area contributed by atoms with Crippen molar-refractivity contribution in [2.45, 2.75) is 13.0 Å². The van der Waals surface area contributed by atoms with Gasteiger partial charge in [-0.2, -0.15) is 0 Å². The molecule has 1 aliphatic rings. The molecule has 1 unspecified atom stereocenters. The highest BCUT2D eigenvalue weighted by atomic mass is 16.5. The zero-order chi connectivity index (χ0) is 16.9. The third-order valence-corrected chi connectivity index (χ3v) is 4.21. The number of anilines is 1. The van der Waals surface area contributed by atoms with Crippen LogP contribution < -0.4 is 15.0 Å². The summed E-state index contributed by atoms with van der Waals surface area (Å²) < 4.78 is 5.28. The first-order chi connectivity index (χ1) is 11.7. The van der Waals surface area contributed by atoms with E-state index in [-0.39, 0.29) is 24.2 Å². The first-order valence-electron chi connectivity index (χ1n) is 7.94. The normalized spacial score (nSPS) is 17.0. The van der Waals surface area contributed by atoms with Crippen LogP contribution >= 0.6 is 0 Å². The van der Waals surface area contributed by atoms with Gasteiger partial charge in [-0.3, -0.25) is 9.59 Å². The van der Waals surface area contributed by atoms with E-state index < -0.39 is 0 Å². The summed E-state index contributed by atoms with van der Waals surface area (Å²) in [7, 11) is 1.61. The molecule has 2 aromatic carbocycles. The van der Waals surface area contributed by atoms with Crippen molar-refractivity contribution in [3.8, 4) is 5.75 Å². The highest BCUT2D eigenvalue weighted by Crippen LogP contribution is 2.25. The van der Waals surface area contributed by atoms with Crippen molar-refractivity contribution in [3.05, 3.63) is 60.2 Å². The molecule has 2 aromatic rings. The van der Waals surface area contributed by atoms with Crippen LogP contribution in [0, 0.1) is 5.92 Å². The van der Waals surface area contributed by atoms with E-state index in [4.69, 9.17) is 4.74 Å². The Labute approximate surface area is 141 Å². The van der Waals surface area contributed by atoms with E-state index >= 15 is 0 Å². The Morgan fingerprint density at radius 3 is 2.62 bits per heavy atom. The average Bonchev–Trinajstić information content (AvgIpc) is 3.02. The molecule has 1 saturated heterocycles. The maximum Gasteiger partial charge on any atom is 0.227 e. The number of nitrogens with zero attached hydrogens (tertiary/aromatic N) is 1. The number of rotatable bonds is 5. The second kappa shape index (κ2) is 7.17. The van der Waals surface area contributed by atoms with Crippen molar-refractivity contribution < 1.29 is 14.3 Å². The molecule has 0 aliphatic carbocycles. The van der Waals surface area contributed by atoms with Crippen LogP contribution in [-0.4, -0.2) is 25.5 Å². The molecule has 5 nitrogen and oxygen atoms in total. The van der Waals surface area contributed by atoms with Gasteiger partial charge in [-0.05, 0) is 18.2 Å². The van der Waals surface area contributed by atoms with Gasteiger partial charge < -0.3 is 15.0 Å². The summed E-state index contributed by atoms with van der Waals surface area (Å²) >= 11 is 0. The summed E-state index contributed by atoms with van der Waals surface area (Å²) in [6, 6.07) is 17.0. The number of ether oxygens (including phenoxy) is 1.